The second-order valence-electron chi connectivity index (χ2n) is 2.42. The van der Waals surface area contributed by atoms with E-state index in [4.69, 9.17) is 4.74 Å². The summed E-state index contributed by atoms with van der Waals surface area (Å²) in [5, 5.41) is 0. The molecule has 0 radical (unpaired) electrons. The monoisotopic (exact) mass is 126 g/mol. The summed E-state index contributed by atoms with van der Waals surface area (Å²) >= 11 is 0. The molecule has 1 saturated heterocycles. The first-order chi connectivity index (χ1) is 4.45. The summed E-state index contributed by atoms with van der Waals surface area (Å²) in [4.78, 5) is 0. The van der Waals surface area contributed by atoms with E-state index in [0.717, 1.165) is 13.2 Å². The van der Waals surface area contributed by atoms with Gasteiger partial charge in [-0.1, -0.05) is 12.2 Å². The van der Waals surface area contributed by atoms with Crippen molar-refractivity contribution < 1.29 is 4.74 Å². The number of hydrazine groups is 1. The number of hydrogen-bond donors (Lipinski definition) is 2. The number of ether oxygens (including phenoxy) is 1. The fourth-order valence-electron chi connectivity index (χ4n) is 1.09. The van der Waals surface area contributed by atoms with E-state index in [1.807, 2.05) is 0 Å². The molecule has 3 aliphatic heterocycles. The van der Waals surface area contributed by atoms with Crippen LogP contribution in [0.5, 0.6) is 0 Å². The molecule has 2 N–H and O–H groups in total. The van der Waals surface area contributed by atoms with Crippen LogP contribution in [0.3, 0.4) is 0 Å². The molecule has 1 fully saturated rings. The SMILES string of the molecule is C1=CC2COCC1NN2. The van der Waals surface area contributed by atoms with E-state index in [-0.39, 0.29) is 0 Å². The van der Waals surface area contributed by atoms with E-state index < -0.39 is 0 Å². The van der Waals surface area contributed by atoms with Gasteiger partial charge >= 0.3 is 0 Å². The van der Waals surface area contributed by atoms with Crippen molar-refractivity contribution in [2.24, 2.45) is 0 Å². The molecule has 0 amide bonds. The van der Waals surface area contributed by atoms with Gasteiger partial charge in [-0.05, 0) is 0 Å². The van der Waals surface area contributed by atoms with Crippen molar-refractivity contribution in [2.75, 3.05) is 13.2 Å². The normalized spacial score (nSPS) is 40.9. The minimum absolute atomic E-state index is 0.378. The average Bonchev–Trinajstić information content (AvgIpc) is 2.21. The van der Waals surface area contributed by atoms with Crippen LogP contribution in [0.2, 0.25) is 0 Å². The van der Waals surface area contributed by atoms with Crippen LogP contribution in [0.4, 0.5) is 0 Å². The van der Waals surface area contributed by atoms with Gasteiger partial charge in [-0.15, -0.1) is 0 Å². The van der Waals surface area contributed by atoms with E-state index >= 15 is 0 Å². The van der Waals surface area contributed by atoms with Crippen LogP contribution < -0.4 is 10.9 Å². The molecule has 3 rings (SSSR count). The minimum atomic E-state index is 0.378. The molecule has 0 spiro atoms. The first-order valence-corrected chi connectivity index (χ1v) is 3.22. The average molecular weight is 126 g/mol. The maximum atomic E-state index is 5.29. The molecule has 50 valence electrons. The summed E-state index contributed by atoms with van der Waals surface area (Å²) in [6, 6.07) is 0.757. The van der Waals surface area contributed by atoms with E-state index in [9.17, 15) is 0 Å². The maximum absolute atomic E-state index is 5.29. The lowest BCUT2D eigenvalue weighted by Gasteiger charge is -2.17. The quantitative estimate of drug-likeness (QED) is 0.426. The lowest BCUT2D eigenvalue weighted by molar-refractivity contribution is 0.141. The van der Waals surface area contributed by atoms with E-state index in [0.29, 0.717) is 12.1 Å². The van der Waals surface area contributed by atoms with Crippen molar-refractivity contribution in [1.29, 1.82) is 0 Å². The molecule has 0 aliphatic carbocycles. The van der Waals surface area contributed by atoms with Gasteiger partial charge in [-0.3, -0.25) is 0 Å². The van der Waals surface area contributed by atoms with Crippen LogP contribution in [0, 0.1) is 0 Å². The molecule has 0 aromatic rings. The van der Waals surface area contributed by atoms with Crippen molar-refractivity contribution in [2.45, 2.75) is 12.1 Å². The third-order valence-electron chi connectivity index (χ3n) is 1.62. The summed E-state index contributed by atoms with van der Waals surface area (Å²) < 4.78 is 5.29. The minimum Gasteiger partial charge on any atom is -0.377 e. The lowest BCUT2D eigenvalue weighted by Crippen LogP contribution is -2.47. The highest BCUT2D eigenvalue weighted by Crippen LogP contribution is 2.03. The van der Waals surface area contributed by atoms with Gasteiger partial charge in [-0.25, -0.2) is 10.9 Å². The molecule has 0 saturated carbocycles. The largest absolute Gasteiger partial charge is 0.377 e. The Kier molecular flexibility index (Phi) is 1.26. The fraction of sp³-hybridized carbons (Fsp3) is 0.667. The van der Waals surface area contributed by atoms with E-state index in [1.165, 1.54) is 0 Å². The van der Waals surface area contributed by atoms with Crippen molar-refractivity contribution in [1.82, 2.24) is 10.9 Å². The number of nitrogens with one attached hydrogen (secondary N) is 2. The van der Waals surface area contributed by atoms with Crippen LogP contribution >= 0.6 is 0 Å². The number of rotatable bonds is 0. The zero-order valence-electron chi connectivity index (χ0n) is 5.13. The first-order valence-electron chi connectivity index (χ1n) is 3.22. The standard InChI is InChI=1S/C6H10N2O/c1-2-6-4-9-3-5(1)7-8-6/h1-2,5-8H,3-4H2. The van der Waals surface area contributed by atoms with Gasteiger partial charge in [0.15, 0.2) is 0 Å². The van der Waals surface area contributed by atoms with Crippen molar-refractivity contribution in [3.8, 4) is 0 Å². The molecule has 3 heterocycles. The molecular formula is C6H10N2O. The number of hydrogen-bond acceptors (Lipinski definition) is 3. The predicted octanol–water partition coefficient (Wildman–Crippen LogP) is -0.582. The van der Waals surface area contributed by atoms with Crippen LogP contribution in [0.25, 0.3) is 0 Å². The highest BCUT2D eigenvalue weighted by molar-refractivity contribution is 5.05. The highest BCUT2D eigenvalue weighted by atomic mass is 16.5. The fourth-order valence-corrected chi connectivity index (χ4v) is 1.09. The predicted molar refractivity (Wildman–Crippen MR) is 33.8 cm³/mol. The van der Waals surface area contributed by atoms with Gasteiger partial charge in [-0.2, -0.15) is 0 Å². The Morgan fingerprint density at radius 1 is 1.11 bits per heavy atom. The van der Waals surface area contributed by atoms with E-state index in [1.54, 1.807) is 0 Å². The van der Waals surface area contributed by atoms with Gasteiger partial charge in [0.1, 0.15) is 0 Å². The van der Waals surface area contributed by atoms with Crippen molar-refractivity contribution in [3.05, 3.63) is 12.2 Å². The Morgan fingerprint density at radius 2 is 1.67 bits per heavy atom. The Bertz CT molecular complexity index is 117. The van der Waals surface area contributed by atoms with Crippen LogP contribution in [0.1, 0.15) is 0 Å². The Labute approximate surface area is 54.0 Å². The molecule has 2 bridgehead atoms. The second kappa shape index (κ2) is 2.10. The van der Waals surface area contributed by atoms with Crippen molar-refractivity contribution in [3.63, 3.8) is 0 Å². The third-order valence-corrected chi connectivity index (χ3v) is 1.62. The van der Waals surface area contributed by atoms with Gasteiger partial charge in [0.2, 0.25) is 0 Å². The molecule has 0 aromatic carbocycles. The molecule has 2 atom stereocenters. The van der Waals surface area contributed by atoms with Crippen LogP contribution in [-0.4, -0.2) is 25.3 Å². The van der Waals surface area contributed by atoms with E-state index in [2.05, 4.69) is 23.0 Å². The Morgan fingerprint density at radius 3 is 2.11 bits per heavy atom. The summed E-state index contributed by atoms with van der Waals surface area (Å²) in [5.41, 5.74) is 6.24. The molecular weight excluding hydrogens is 116 g/mol. The first kappa shape index (κ1) is 5.41. The molecule has 9 heavy (non-hydrogen) atoms. The zero-order valence-corrected chi connectivity index (χ0v) is 5.13. The number of fused-ring (bicyclic) bond motifs is 3. The topological polar surface area (TPSA) is 33.3 Å². The van der Waals surface area contributed by atoms with Gasteiger partial charge in [0, 0.05) is 0 Å². The molecule has 3 heteroatoms. The highest BCUT2D eigenvalue weighted by Gasteiger charge is 2.18. The Hall–Kier alpha value is -0.380. The molecule has 3 nitrogen and oxygen atoms in total. The summed E-state index contributed by atoms with van der Waals surface area (Å²) in [6.45, 7) is 1.58. The van der Waals surface area contributed by atoms with Crippen LogP contribution in [-0.2, 0) is 4.74 Å². The van der Waals surface area contributed by atoms with Gasteiger partial charge in [0.25, 0.3) is 0 Å². The van der Waals surface area contributed by atoms with Crippen molar-refractivity contribution >= 4 is 0 Å². The van der Waals surface area contributed by atoms with Gasteiger partial charge < -0.3 is 4.74 Å². The van der Waals surface area contributed by atoms with Gasteiger partial charge in [0.05, 0.1) is 25.3 Å². The summed E-state index contributed by atoms with van der Waals surface area (Å²) in [7, 11) is 0. The third kappa shape index (κ3) is 0.986. The maximum Gasteiger partial charge on any atom is 0.0669 e. The Balaban J connectivity index is 2.15. The lowest BCUT2D eigenvalue weighted by atomic mass is 10.2. The smallest absolute Gasteiger partial charge is 0.0669 e. The zero-order chi connectivity index (χ0) is 6.10. The summed E-state index contributed by atoms with van der Waals surface area (Å²) in [5.74, 6) is 0. The second-order valence-corrected chi connectivity index (χ2v) is 2.42. The van der Waals surface area contributed by atoms with Crippen LogP contribution in [0.15, 0.2) is 12.2 Å². The molecule has 2 unspecified atom stereocenters. The molecule has 3 aliphatic rings. The summed E-state index contributed by atoms with van der Waals surface area (Å²) in [6.07, 6.45) is 4.29. The molecule has 0 aromatic heterocycles.